The Morgan fingerprint density at radius 3 is 1.23 bits per heavy atom. The van der Waals surface area contributed by atoms with Crippen LogP contribution >= 0.6 is 11.6 Å². The number of aliphatic hydroxyl groups excluding tert-OH is 1. The summed E-state index contributed by atoms with van der Waals surface area (Å²) in [5, 5.41) is 11.6. The number of aryl methyl sites for hydroxylation is 2. The second-order valence-electron chi connectivity index (χ2n) is 23.9. The number of halogens is 1. The predicted octanol–water partition coefficient (Wildman–Crippen LogP) is 12.0. The average Bonchev–Trinajstić information content (AvgIpc) is 1.35. The maximum Gasteiger partial charge on any atom is 0.246 e. The number of aliphatic hydroxyl groups is 1. The number of benzene rings is 4. The molecule has 0 saturated carbocycles. The van der Waals surface area contributed by atoms with Gasteiger partial charge in [-0.1, -0.05) is 204 Å². The minimum Gasteiger partial charge on any atom is -0.394 e. The number of carbonyl (C=O) groups excluding carboxylic acids is 13. The second kappa shape index (κ2) is 95.6. The maximum absolute atomic E-state index is 14.8. The molecule has 4 aromatic rings. The molecule has 27 nitrogen and oxygen atoms in total. The van der Waals surface area contributed by atoms with Gasteiger partial charge in [0.1, 0.15) is 77.2 Å². The van der Waals surface area contributed by atoms with Crippen molar-refractivity contribution in [3.63, 3.8) is 0 Å². The lowest BCUT2D eigenvalue weighted by molar-refractivity contribution is -0.153. The van der Waals surface area contributed by atoms with Crippen LogP contribution in [0, 0.1) is 17.8 Å². The smallest absolute Gasteiger partial charge is 0.246 e. The maximum atomic E-state index is 14.8. The minimum absolute atomic E-state index is 0. The number of nitrogens with one attached hydrogen (secondary N) is 1. The summed E-state index contributed by atoms with van der Waals surface area (Å²) in [5.74, 6) is -0.683. The topological polar surface area (TPSA) is 488 Å². The molecule has 0 unspecified atom stereocenters. The van der Waals surface area contributed by atoms with E-state index in [0.717, 1.165) is 62.7 Å². The molecular weight excluding hydrogens is 1440 g/mol. The number of piperidine rings is 1. The summed E-state index contributed by atoms with van der Waals surface area (Å²) in [6.45, 7) is 43.4. The highest BCUT2D eigenvalue weighted by atomic mass is 35.5. The molecule has 4 aromatic carbocycles. The Hall–Kier alpha value is -8.64. The van der Waals surface area contributed by atoms with Gasteiger partial charge in [0.2, 0.25) is 35.4 Å². The highest BCUT2D eigenvalue weighted by Crippen LogP contribution is 2.24. The van der Waals surface area contributed by atoms with Gasteiger partial charge in [0.25, 0.3) is 0 Å². The number of hydrogen-bond donors (Lipinski definition) is 9. The molecule has 644 valence electrons. The van der Waals surface area contributed by atoms with E-state index in [1.165, 1.54) is 79.3 Å². The summed E-state index contributed by atoms with van der Waals surface area (Å²) in [4.78, 5) is 148. The highest BCUT2D eigenvalue weighted by molar-refractivity contribution is 6.30. The molecule has 2 aliphatic rings. The van der Waals surface area contributed by atoms with Crippen LogP contribution in [0.4, 0.5) is 0 Å². The lowest BCUT2D eigenvalue weighted by Gasteiger charge is -2.38. The standard InChI is InChI=1S/C42H59ClN6O6.2C8H10.C6H12O.C5H12.C3H8O.C2H6.3CH5N.6CH2O.4H3N/c1-8-28(2)37(42(55)48-22-13-10-14-23-48)44-38(51)35(26-31-17-11-9-12-18-31)46(6)41(54)36(27-32-19-15-20-33(43)25-32)47(7)39(52)29(3)45(5)40(53)34-21-16-24-49(34)30(4)50;2*1-2-8-6-4-3-5-7-8;1-6(2)4-3-5-7;1-4-5(2)3;1-3(2)4;10*1-2;;;;/h9,11-12,15,17-20,25,28-29,34-37H,8,10,13-14,16,21-24,26-27H2,1-7H3,(H,44,51);2*3-7H,2H2,1H3;5-6H,3-4H2,1-2H3;5H,4H2,1-3H3;3-4H,1-2H3;1-2H3;3*2H2,1H3;6*1H2;4*1H3/t28-,29-,34-,35-,36-,37-;;;;;;;;;;;;;;;;;;;/m0.................../s1. The van der Waals surface area contributed by atoms with Crippen molar-refractivity contribution in [3.05, 3.63) is 143 Å². The third kappa shape index (κ3) is 65.8. The minimum atomic E-state index is -1.09. The first-order valence-corrected chi connectivity index (χ1v) is 36.8. The van der Waals surface area contributed by atoms with E-state index < -0.39 is 47.9 Å². The van der Waals surface area contributed by atoms with Crippen LogP contribution in [0.15, 0.2) is 115 Å². The Morgan fingerprint density at radius 1 is 0.532 bits per heavy atom. The molecule has 111 heavy (non-hydrogen) atoms. The molecular formula is C83H156ClN13O14. The molecule has 6 rings (SSSR count). The van der Waals surface area contributed by atoms with Crippen molar-refractivity contribution in [2.45, 2.75) is 224 Å². The molecule has 2 fully saturated rings. The zero-order valence-electron chi connectivity index (χ0n) is 72.2. The van der Waals surface area contributed by atoms with Crippen LogP contribution in [0.3, 0.4) is 0 Å². The normalized spacial score (nSPS) is 12.2. The molecule has 20 N–H and O–H groups in total. The molecule has 6 amide bonds. The van der Waals surface area contributed by atoms with Gasteiger partial charge in [-0.05, 0) is 145 Å². The fraction of sp³-hybridized carbons (Fsp3) is 0.554. The number of nitrogens with two attached hydrogens (primary N) is 3. The summed E-state index contributed by atoms with van der Waals surface area (Å²) in [6.07, 6.45) is 11.2. The van der Waals surface area contributed by atoms with Crippen molar-refractivity contribution in [2.24, 2.45) is 35.0 Å². The molecule has 0 aliphatic carbocycles. The van der Waals surface area contributed by atoms with Gasteiger partial charge < -0.3 is 110 Å². The predicted molar refractivity (Wildman–Crippen MR) is 462 cm³/mol. The Labute approximate surface area is 675 Å². The first-order chi connectivity index (χ1) is 51.3. The van der Waals surface area contributed by atoms with E-state index in [0.29, 0.717) is 55.4 Å². The van der Waals surface area contributed by atoms with Crippen LogP contribution in [0.5, 0.6) is 0 Å². The zero-order chi connectivity index (χ0) is 85.6. The molecule has 0 radical (unpaired) electrons. The zero-order valence-corrected chi connectivity index (χ0v) is 73.0. The lowest BCUT2D eigenvalue weighted by atomic mass is 9.95. The number of aldehydes is 1. The quantitative estimate of drug-likeness (QED) is 0.0350. The van der Waals surface area contributed by atoms with Crippen molar-refractivity contribution in [3.8, 4) is 0 Å². The molecule has 28 heteroatoms. The molecule has 0 spiro atoms. The van der Waals surface area contributed by atoms with Crippen molar-refractivity contribution < 1.29 is 67.4 Å². The van der Waals surface area contributed by atoms with Gasteiger partial charge in [-0.2, -0.15) is 0 Å². The van der Waals surface area contributed by atoms with Gasteiger partial charge in [-0.25, -0.2) is 0 Å². The van der Waals surface area contributed by atoms with Crippen molar-refractivity contribution >= 4 is 94.1 Å². The van der Waals surface area contributed by atoms with E-state index in [4.69, 9.17) is 45.5 Å². The summed E-state index contributed by atoms with van der Waals surface area (Å²) < 4.78 is 0. The Morgan fingerprint density at radius 2 is 0.901 bits per heavy atom. The van der Waals surface area contributed by atoms with Gasteiger partial charge in [0.15, 0.2) is 0 Å². The van der Waals surface area contributed by atoms with Crippen molar-refractivity contribution in [2.75, 3.05) is 61.9 Å². The molecule has 0 bridgehead atoms. The third-order valence-electron chi connectivity index (χ3n) is 15.7. The van der Waals surface area contributed by atoms with Crippen LogP contribution in [0.1, 0.15) is 184 Å². The number of amides is 6. The molecule has 2 heterocycles. The van der Waals surface area contributed by atoms with Gasteiger partial charge in [0, 0.05) is 78.1 Å². The molecule has 2 saturated heterocycles. The summed E-state index contributed by atoms with van der Waals surface area (Å²) in [7, 11) is 9.12. The number of nitrogens with zero attached hydrogens (tertiary/aromatic N) is 5. The fourth-order valence-corrected chi connectivity index (χ4v) is 9.63. The van der Waals surface area contributed by atoms with Crippen molar-refractivity contribution in [1.82, 2.24) is 54.4 Å². The van der Waals surface area contributed by atoms with E-state index >= 15 is 0 Å². The van der Waals surface area contributed by atoms with Gasteiger partial charge >= 0.3 is 0 Å². The van der Waals surface area contributed by atoms with E-state index in [-0.39, 0.29) is 67.2 Å². The number of rotatable bonds is 21. The average molecular weight is 1600 g/mol. The first-order valence-electron chi connectivity index (χ1n) is 36.4. The van der Waals surface area contributed by atoms with E-state index in [1.54, 1.807) is 46.0 Å². The number of hydrogen-bond acceptors (Lipinski definition) is 21. The SMILES string of the molecule is C=O.C=O.C=O.C=O.C=O.C=O.CC.CC(C)CCC=O.CC(C)O.CCC(C)C.CC[C@H](C)[C@H](NC(=O)[C@H](Cc1ccccc1)N(C)C(=O)[C@H](Cc1cccc(Cl)c1)N(C)C(=O)[C@H](C)N(C)C(=O)[C@@H]1CCCN1C(C)=O)C(=O)N1CCCCC1.CCc1ccccc1.CCc1ccccc1.CN.CN.CN.N.N.N.N. The van der Waals surface area contributed by atoms with E-state index in [1.807, 2.05) is 122 Å². The van der Waals surface area contributed by atoms with E-state index in [9.17, 15) is 33.6 Å². The van der Waals surface area contributed by atoms with Crippen LogP contribution in [0.2, 0.25) is 5.02 Å². The number of likely N-dealkylation sites (N-methyl/N-ethyl adjacent to an activating group) is 3. The summed E-state index contributed by atoms with van der Waals surface area (Å²) in [6, 6.07) is 32.8. The highest BCUT2D eigenvalue weighted by Gasteiger charge is 2.41. The van der Waals surface area contributed by atoms with Crippen LogP contribution in [-0.4, -0.2) is 210 Å². The van der Waals surface area contributed by atoms with Crippen molar-refractivity contribution in [1.29, 1.82) is 0 Å². The van der Waals surface area contributed by atoms with Crippen LogP contribution in [0.25, 0.3) is 0 Å². The van der Waals surface area contributed by atoms with Gasteiger partial charge in [-0.15, -0.1) is 0 Å². The Bertz CT molecular complexity index is 2660. The van der Waals surface area contributed by atoms with E-state index in [2.05, 4.69) is 120 Å². The Kier molecular flexibility index (Phi) is 116. The molecule has 6 atom stereocenters. The monoisotopic (exact) mass is 1590 g/mol. The number of carbonyl (C=O) groups is 13. The Balaban J connectivity index is -0.000000114. The van der Waals surface area contributed by atoms with Crippen LogP contribution in [-0.2, 0) is 88.0 Å². The third-order valence-corrected chi connectivity index (χ3v) is 15.9. The molecule has 2 aliphatic heterocycles. The number of likely N-dealkylation sites (tertiary alicyclic amines) is 2. The van der Waals surface area contributed by atoms with Crippen LogP contribution < -0.4 is 47.1 Å². The fourth-order valence-electron chi connectivity index (χ4n) is 9.42. The lowest BCUT2D eigenvalue weighted by Crippen LogP contribution is -2.61. The van der Waals surface area contributed by atoms with Gasteiger partial charge in [-0.3, -0.25) is 28.8 Å². The summed E-state index contributed by atoms with van der Waals surface area (Å²) in [5.41, 5.74) is 17.8. The first kappa shape index (κ1) is 135. The molecule has 0 aromatic heterocycles. The van der Waals surface area contributed by atoms with Gasteiger partial charge in [0.05, 0.1) is 0 Å². The largest absolute Gasteiger partial charge is 0.394 e. The summed E-state index contributed by atoms with van der Waals surface area (Å²) >= 11 is 6.35. The second-order valence-corrected chi connectivity index (χ2v) is 24.4.